The van der Waals surface area contributed by atoms with Crippen LogP contribution in [0.15, 0.2) is 51.7 Å². The molecule has 0 radical (unpaired) electrons. The molecule has 3 rings (SSSR count). The van der Waals surface area contributed by atoms with E-state index in [-0.39, 0.29) is 18.4 Å². The SMILES string of the molecule is COc1cc(C)cc2oc(=O)c(CC(=O)N[C@@H](Cc3ccccc3)C(=O)O)c(C)c12. The molecule has 30 heavy (non-hydrogen) atoms. The van der Waals surface area contributed by atoms with Gasteiger partial charge in [-0.05, 0) is 42.7 Å². The summed E-state index contributed by atoms with van der Waals surface area (Å²) in [4.78, 5) is 36.7. The molecule has 0 saturated heterocycles. The molecule has 2 aromatic carbocycles. The molecular formula is C23H23NO6. The van der Waals surface area contributed by atoms with Crippen molar-refractivity contribution >= 4 is 22.8 Å². The fourth-order valence-corrected chi connectivity index (χ4v) is 3.46. The van der Waals surface area contributed by atoms with Gasteiger partial charge in [-0.1, -0.05) is 30.3 Å². The number of carboxylic acid groups (broad SMARTS) is 1. The Balaban J connectivity index is 1.87. The summed E-state index contributed by atoms with van der Waals surface area (Å²) in [6.07, 6.45) is -0.153. The van der Waals surface area contributed by atoms with Crippen LogP contribution in [0.3, 0.4) is 0 Å². The van der Waals surface area contributed by atoms with Crippen LogP contribution in [0, 0.1) is 13.8 Å². The van der Waals surface area contributed by atoms with Crippen LogP contribution in [0.5, 0.6) is 5.75 Å². The Labute approximate surface area is 173 Å². The lowest BCUT2D eigenvalue weighted by molar-refractivity contribution is -0.141. The largest absolute Gasteiger partial charge is 0.496 e. The van der Waals surface area contributed by atoms with E-state index in [1.807, 2.05) is 19.1 Å². The Bertz CT molecular complexity index is 1150. The molecule has 0 aliphatic rings. The minimum atomic E-state index is -1.15. The van der Waals surface area contributed by atoms with Crippen molar-refractivity contribution in [2.45, 2.75) is 32.7 Å². The zero-order valence-electron chi connectivity index (χ0n) is 17.0. The van der Waals surface area contributed by atoms with Crippen LogP contribution in [0.25, 0.3) is 11.0 Å². The summed E-state index contributed by atoms with van der Waals surface area (Å²) in [5.41, 5.74) is 2.15. The first-order chi connectivity index (χ1) is 14.3. The second kappa shape index (κ2) is 8.82. The Morgan fingerprint density at radius 2 is 1.87 bits per heavy atom. The molecule has 156 valence electrons. The molecule has 0 aliphatic carbocycles. The smallest absolute Gasteiger partial charge is 0.340 e. The molecule has 0 saturated carbocycles. The van der Waals surface area contributed by atoms with Gasteiger partial charge in [-0.25, -0.2) is 9.59 Å². The first-order valence-corrected chi connectivity index (χ1v) is 9.47. The number of amides is 1. The Morgan fingerprint density at radius 1 is 1.17 bits per heavy atom. The van der Waals surface area contributed by atoms with Gasteiger partial charge in [-0.2, -0.15) is 0 Å². The summed E-state index contributed by atoms with van der Waals surface area (Å²) in [6.45, 7) is 3.58. The Morgan fingerprint density at radius 3 is 2.50 bits per heavy atom. The van der Waals surface area contributed by atoms with Crippen LogP contribution in [-0.4, -0.2) is 30.1 Å². The molecule has 7 heteroatoms. The normalized spacial score (nSPS) is 11.8. The number of hydrogen-bond acceptors (Lipinski definition) is 5. The van der Waals surface area contributed by atoms with E-state index in [0.29, 0.717) is 22.3 Å². The lowest BCUT2D eigenvalue weighted by Crippen LogP contribution is -2.43. The predicted octanol–water partition coefficient (Wildman–Crippen LogP) is 2.77. The van der Waals surface area contributed by atoms with Crippen molar-refractivity contribution in [2.24, 2.45) is 0 Å². The van der Waals surface area contributed by atoms with E-state index >= 15 is 0 Å². The van der Waals surface area contributed by atoms with E-state index in [0.717, 1.165) is 11.1 Å². The summed E-state index contributed by atoms with van der Waals surface area (Å²) in [5, 5.41) is 12.6. The number of fused-ring (bicyclic) bond motifs is 1. The summed E-state index contributed by atoms with van der Waals surface area (Å²) in [5.74, 6) is -1.17. The maximum atomic E-state index is 12.6. The van der Waals surface area contributed by atoms with Gasteiger partial charge in [0.15, 0.2) is 0 Å². The molecule has 0 fully saturated rings. The van der Waals surface area contributed by atoms with E-state index < -0.39 is 23.5 Å². The number of benzene rings is 2. The van der Waals surface area contributed by atoms with Crippen LogP contribution in [0.1, 0.15) is 22.3 Å². The van der Waals surface area contributed by atoms with Gasteiger partial charge in [0.25, 0.3) is 0 Å². The van der Waals surface area contributed by atoms with Crippen LogP contribution in [-0.2, 0) is 22.4 Å². The second-order valence-corrected chi connectivity index (χ2v) is 7.16. The van der Waals surface area contributed by atoms with Crippen molar-refractivity contribution in [3.63, 3.8) is 0 Å². The molecule has 7 nitrogen and oxygen atoms in total. The highest BCUT2D eigenvalue weighted by Crippen LogP contribution is 2.30. The van der Waals surface area contributed by atoms with E-state index in [9.17, 15) is 19.5 Å². The van der Waals surface area contributed by atoms with Gasteiger partial charge >= 0.3 is 11.6 Å². The van der Waals surface area contributed by atoms with Crippen molar-refractivity contribution < 1.29 is 23.8 Å². The molecule has 0 spiro atoms. The quantitative estimate of drug-likeness (QED) is 0.581. The summed E-state index contributed by atoms with van der Waals surface area (Å²) >= 11 is 0. The highest BCUT2D eigenvalue weighted by Gasteiger charge is 2.23. The number of carbonyl (C=O) groups is 2. The van der Waals surface area contributed by atoms with Crippen molar-refractivity contribution in [2.75, 3.05) is 7.11 Å². The van der Waals surface area contributed by atoms with Gasteiger partial charge in [-0.15, -0.1) is 0 Å². The van der Waals surface area contributed by atoms with Crippen LogP contribution in [0.4, 0.5) is 0 Å². The third-order valence-corrected chi connectivity index (χ3v) is 4.96. The predicted molar refractivity (Wildman–Crippen MR) is 112 cm³/mol. The third-order valence-electron chi connectivity index (χ3n) is 4.96. The lowest BCUT2D eigenvalue weighted by atomic mass is 10.0. The first-order valence-electron chi connectivity index (χ1n) is 9.47. The molecule has 1 atom stereocenters. The molecule has 1 heterocycles. The molecule has 1 aromatic heterocycles. The van der Waals surface area contributed by atoms with Crippen LogP contribution < -0.4 is 15.7 Å². The summed E-state index contributed by atoms with van der Waals surface area (Å²) < 4.78 is 10.8. The van der Waals surface area contributed by atoms with Crippen molar-refractivity contribution in [1.29, 1.82) is 0 Å². The highest BCUT2D eigenvalue weighted by atomic mass is 16.5. The maximum Gasteiger partial charge on any atom is 0.340 e. The number of ether oxygens (including phenoxy) is 1. The number of carbonyl (C=O) groups excluding carboxylic acids is 1. The number of hydrogen-bond donors (Lipinski definition) is 2. The lowest BCUT2D eigenvalue weighted by Gasteiger charge is -2.16. The van der Waals surface area contributed by atoms with E-state index in [2.05, 4.69) is 5.32 Å². The fourth-order valence-electron chi connectivity index (χ4n) is 3.46. The fraction of sp³-hybridized carbons (Fsp3) is 0.261. The zero-order chi connectivity index (χ0) is 21.8. The van der Waals surface area contributed by atoms with Gasteiger partial charge < -0.3 is 19.6 Å². The number of carboxylic acids is 1. The molecule has 0 bridgehead atoms. The Hall–Kier alpha value is -3.61. The Kier molecular flexibility index (Phi) is 6.20. The molecule has 1 amide bonds. The zero-order valence-corrected chi connectivity index (χ0v) is 17.0. The maximum absolute atomic E-state index is 12.6. The third kappa shape index (κ3) is 4.51. The summed E-state index contributed by atoms with van der Waals surface area (Å²) in [6, 6.07) is 11.5. The molecule has 2 N–H and O–H groups in total. The summed E-state index contributed by atoms with van der Waals surface area (Å²) in [7, 11) is 1.52. The number of methoxy groups -OCH3 is 1. The standard InChI is InChI=1S/C23H23NO6/c1-13-9-18(29-3)21-14(2)16(23(28)30-19(21)10-13)12-20(25)24-17(22(26)27)11-15-7-5-4-6-8-15/h4-10,17H,11-12H2,1-3H3,(H,24,25)(H,26,27)/t17-/m0/s1. The molecule has 0 aliphatic heterocycles. The van der Waals surface area contributed by atoms with Gasteiger partial charge in [0.2, 0.25) is 5.91 Å². The molecule has 0 unspecified atom stereocenters. The molecule has 3 aromatic rings. The van der Waals surface area contributed by atoms with Crippen molar-refractivity contribution in [1.82, 2.24) is 5.32 Å². The van der Waals surface area contributed by atoms with E-state index in [1.165, 1.54) is 7.11 Å². The van der Waals surface area contributed by atoms with Gasteiger partial charge in [0, 0.05) is 6.42 Å². The number of rotatable bonds is 7. The monoisotopic (exact) mass is 409 g/mol. The minimum Gasteiger partial charge on any atom is -0.496 e. The average Bonchev–Trinajstić information content (AvgIpc) is 2.70. The van der Waals surface area contributed by atoms with Gasteiger partial charge in [0.05, 0.1) is 24.5 Å². The van der Waals surface area contributed by atoms with Crippen LogP contribution in [0.2, 0.25) is 0 Å². The first kappa shape index (κ1) is 21.1. The van der Waals surface area contributed by atoms with Crippen molar-refractivity contribution in [3.8, 4) is 5.75 Å². The topological polar surface area (TPSA) is 106 Å². The van der Waals surface area contributed by atoms with E-state index in [4.69, 9.17) is 9.15 Å². The van der Waals surface area contributed by atoms with Crippen molar-refractivity contribution in [3.05, 3.63) is 75.1 Å². The second-order valence-electron chi connectivity index (χ2n) is 7.16. The van der Waals surface area contributed by atoms with Gasteiger partial charge in [-0.3, -0.25) is 4.79 Å². The number of nitrogens with one attached hydrogen (secondary N) is 1. The number of aliphatic carboxylic acids is 1. The highest BCUT2D eigenvalue weighted by molar-refractivity contribution is 5.90. The average molecular weight is 409 g/mol. The van der Waals surface area contributed by atoms with E-state index in [1.54, 1.807) is 37.3 Å². The number of aryl methyl sites for hydroxylation is 2. The van der Waals surface area contributed by atoms with Gasteiger partial charge in [0.1, 0.15) is 17.4 Å². The van der Waals surface area contributed by atoms with Crippen LogP contribution >= 0.6 is 0 Å². The molecular weight excluding hydrogens is 386 g/mol. The minimum absolute atomic E-state index is 0.139.